The SMILES string of the molecule is CN(C(=O)CCCc1ccccc1)c1ccc(-c2ccccc2-c2nnn[nH]2)cc1. The van der Waals surface area contributed by atoms with Crippen LogP contribution in [0.5, 0.6) is 0 Å². The van der Waals surface area contributed by atoms with Crippen molar-refractivity contribution in [2.75, 3.05) is 11.9 Å². The summed E-state index contributed by atoms with van der Waals surface area (Å²) in [4.78, 5) is 14.3. The fourth-order valence-electron chi connectivity index (χ4n) is 3.48. The lowest BCUT2D eigenvalue weighted by Gasteiger charge is -2.18. The van der Waals surface area contributed by atoms with E-state index in [0.29, 0.717) is 12.2 Å². The summed E-state index contributed by atoms with van der Waals surface area (Å²) in [7, 11) is 1.83. The number of H-pyrrole nitrogens is 1. The van der Waals surface area contributed by atoms with Gasteiger partial charge in [0.05, 0.1) is 0 Å². The molecule has 4 rings (SSSR count). The highest BCUT2D eigenvalue weighted by Gasteiger charge is 2.13. The van der Waals surface area contributed by atoms with Crippen LogP contribution in [-0.2, 0) is 11.2 Å². The van der Waals surface area contributed by atoms with Gasteiger partial charge in [-0.05, 0) is 52.1 Å². The fourth-order valence-corrected chi connectivity index (χ4v) is 3.48. The lowest BCUT2D eigenvalue weighted by Crippen LogP contribution is -2.25. The molecular formula is C24H23N5O. The number of aromatic nitrogens is 4. The lowest BCUT2D eigenvalue weighted by atomic mass is 9.99. The first kappa shape index (κ1) is 19.5. The molecule has 0 fully saturated rings. The van der Waals surface area contributed by atoms with Crippen molar-refractivity contribution in [1.29, 1.82) is 0 Å². The molecular weight excluding hydrogens is 374 g/mol. The average Bonchev–Trinajstić information content (AvgIpc) is 3.34. The molecule has 30 heavy (non-hydrogen) atoms. The van der Waals surface area contributed by atoms with E-state index in [4.69, 9.17) is 0 Å². The van der Waals surface area contributed by atoms with E-state index in [2.05, 4.69) is 32.8 Å². The molecule has 0 aliphatic rings. The summed E-state index contributed by atoms with van der Waals surface area (Å²) in [5.74, 6) is 0.743. The number of nitrogens with one attached hydrogen (secondary N) is 1. The van der Waals surface area contributed by atoms with E-state index in [-0.39, 0.29) is 5.91 Å². The fraction of sp³-hybridized carbons (Fsp3) is 0.167. The molecule has 0 atom stereocenters. The number of benzene rings is 3. The highest BCUT2D eigenvalue weighted by atomic mass is 16.2. The lowest BCUT2D eigenvalue weighted by molar-refractivity contribution is -0.118. The number of rotatable bonds is 7. The van der Waals surface area contributed by atoms with Crippen LogP contribution < -0.4 is 4.90 Å². The van der Waals surface area contributed by atoms with E-state index in [9.17, 15) is 4.79 Å². The highest BCUT2D eigenvalue weighted by molar-refractivity contribution is 5.93. The zero-order valence-electron chi connectivity index (χ0n) is 16.8. The highest BCUT2D eigenvalue weighted by Crippen LogP contribution is 2.30. The van der Waals surface area contributed by atoms with E-state index in [1.165, 1.54) is 5.56 Å². The number of aryl methyl sites for hydroxylation is 1. The standard InChI is InChI=1S/C24H23N5O/c1-29(23(30)13-7-10-18-8-3-2-4-9-18)20-16-14-19(15-17-20)21-11-5-6-12-22(21)24-25-27-28-26-24/h2-6,8-9,11-12,14-17H,7,10,13H2,1H3,(H,25,26,27,28). The Kier molecular flexibility index (Phi) is 5.94. The van der Waals surface area contributed by atoms with Crippen molar-refractivity contribution >= 4 is 11.6 Å². The normalized spacial score (nSPS) is 10.7. The second kappa shape index (κ2) is 9.13. The van der Waals surface area contributed by atoms with Gasteiger partial charge in [0, 0.05) is 24.7 Å². The third kappa shape index (κ3) is 4.43. The molecule has 0 aliphatic carbocycles. The molecule has 0 aliphatic heterocycles. The average molecular weight is 397 g/mol. The summed E-state index contributed by atoms with van der Waals surface area (Å²) >= 11 is 0. The second-order valence-electron chi connectivity index (χ2n) is 7.13. The van der Waals surface area contributed by atoms with E-state index in [1.54, 1.807) is 4.90 Å². The molecule has 4 aromatic rings. The number of hydrogen-bond donors (Lipinski definition) is 1. The first-order valence-corrected chi connectivity index (χ1v) is 9.96. The third-order valence-electron chi connectivity index (χ3n) is 5.17. The predicted molar refractivity (Wildman–Crippen MR) is 118 cm³/mol. The quantitative estimate of drug-likeness (QED) is 0.498. The minimum absolute atomic E-state index is 0.117. The molecule has 1 N–H and O–H groups in total. The van der Waals surface area contributed by atoms with Crippen LogP contribution in [-0.4, -0.2) is 33.6 Å². The van der Waals surface area contributed by atoms with Crippen LogP contribution in [0, 0.1) is 0 Å². The number of carbonyl (C=O) groups is 1. The summed E-state index contributed by atoms with van der Waals surface area (Å²) in [6.45, 7) is 0. The van der Waals surface area contributed by atoms with E-state index >= 15 is 0 Å². The van der Waals surface area contributed by atoms with Crippen molar-refractivity contribution in [2.45, 2.75) is 19.3 Å². The van der Waals surface area contributed by atoms with Crippen LogP contribution in [0.3, 0.4) is 0 Å². The molecule has 0 saturated carbocycles. The van der Waals surface area contributed by atoms with Crippen molar-refractivity contribution < 1.29 is 4.79 Å². The van der Waals surface area contributed by atoms with Gasteiger partial charge in [-0.1, -0.05) is 66.7 Å². The molecule has 1 heterocycles. The van der Waals surface area contributed by atoms with Gasteiger partial charge in [-0.2, -0.15) is 0 Å². The molecule has 0 unspecified atom stereocenters. The van der Waals surface area contributed by atoms with Gasteiger partial charge in [0.1, 0.15) is 0 Å². The summed E-state index contributed by atoms with van der Waals surface area (Å²) in [5, 5.41) is 14.2. The maximum atomic E-state index is 12.6. The molecule has 150 valence electrons. The summed E-state index contributed by atoms with van der Waals surface area (Å²) in [6.07, 6.45) is 2.27. The Labute approximate surface area is 175 Å². The van der Waals surface area contributed by atoms with Crippen LogP contribution >= 0.6 is 0 Å². The van der Waals surface area contributed by atoms with E-state index in [0.717, 1.165) is 35.2 Å². The van der Waals surface area contributed by atoms with Gasteiger partial charge >= 0.3 is 0 Å². The van der Waals surface area contributed by atoms with Gasteiger partial charge in [-0.25, -0.2) is 5.10 Å². The van der Waals surface area contributed by atoms with E-state index in [1.807, 2.05) is 73.8 Å². The van der Waals surface area contributed by atoms with Crippen LogP contribution in [0.4, 0.5) is 5.69 Å². The van der Waals surface area contributed by atoms with Gasteiger partial charge in [0.15, 0.2) is 5.82 Å². The zero-order valence-corrected chi connectivity index (χ0v) is 16.8. The Hall–Kier alpha value is -3.80. The number of anilines is 1. The molecule has 3 aromatic carbocycles. The van der Waals surface area contributed by atoms with Crippen molar-refractivity contribution in [2.24, 2.45) is 0 Å². The number of hydrogen-bond acceptors (Lipinski definition) is 4. The van der Waals surface area contributed by atoms with Crippen LogP contribution in [0.15, 0.2) is 78.9 Å². The number of amides is 1. The van der Waals surface area contributed by atoms with Crippen molar-refractivity contribution in [3.05, 3.63) is 84.4 Å². The van der Waals surface area contributed by atoms with Crippen molar-refractivity contribution in [3.63, 3.8) is 0 Å². The third-order valence-corrected chi connectivity index (χ3v) is 5.17. The smallest absolute Gasteiger partial charge is 0.226 e. The number of carbonyl (C=O) groups excluding carboxylic acids is 1. The van der Waals surface area contributed by atoms with Gasteiger partial charge in [0.2, 0.25) is 5.91 Å². The van der Waals surface area contributed by atoms with Gasteiger partial charge in [0.25, 0.3) is 0 Å². The van der Waals surface area contributed by atoms with Gasteiger partial charge < -0.3 is 4.90 Å². The summed E-state index contributed by atoms with van der Waals surface area (Å²) in [6, 6.07) is 26.2. The van der Waals surface area contributed by atoms with Crippen molar-refractivity contribution in [1.82, 2.24) is 20.6 Å². The number of aromatic amines is 1. The monoisotopic (exact) mass is 397 g/mol. The Morgan fingerprint density at radius 2 is 1.60 bits per heavy atom. The van der Waals surface area contributed by atoms with Gasteiger partial charge in [-0.3, -0.25) is 4.79 Å². The largest absolute Gasteiger partial charge is 0.316 e. The topological polar surface area (TPSA) is 74.8 Å². The Balaban J connectivity index is 1.43. The summed E-state index contributed by atoms with van der Waals surface area (Å²) < 4.78 is 0. The first-order chi connectivity index (χ1) is 14.7. The van der Waals surface area contributed by atoms with E-state index < -0.39 is 0 Å². The Morgan fingerprint density at radius 3 is 2.30 bits per heavy atom. The molecule has 0 radical (unpaired) electrons. The van der Waals surface area contributed by atoms with Gasteiger partial charge in [-0.15, -0.1) is 5.10 Å². The molecule has 6 heteroatoms. The molecule has 0 bridgehead atoms. The predicted octanol–water partition coefficient (Wildman–Crippen LogP) is 4.52. The minimum atomic E-state index is 0.117. The molecule has 0 spiro atoms. The molecule has 1 amide bonds. The maximum Gasteiger partial charge on any atom is 0.226 e. The van der Waals surface area contributed by atoms with Crippen molar-refractivity contribution in [3.8, 4) is 22.5 Å². The first-order valence-electron chi connectivity index (χ1n) is 9.96. The maximum absolute atomic E-state index is 12.6. The number of nitrogens with zero attached hydrogens (tertiary/aromatic N) is 4. The zero-order chi connectivity index (χ0) is 20.8. The Morgan fingerprint density at radius 1 is 0.900 bits per heavy atom. The van der Waals surface area contributed by atoms with Crippen LogP contribution in [0.1, 0.15) is 18.4 Å². The number of tetrazole rings is 1. The summed E-state index contributed by atoms with van der Waals surface area (Å²) in [5.41, 5.74) is 5.14. The molecule has 0 saturated heterocycles. The second-order valence-corrected chi connectivity index (χ2v) is 7.13. The minimum Gasteiger partial charge on any atom is -0.316 e. The molecule has 6 nitrogen and oxygen atoms in total. The van der Waals surface area contributed by atoms with Crippen LogP contribution in [0.25, 0.3) is 22.5 Å². The Bertz CT molecular complexity index is 1090. The molecule has 1 aromatic heterocycles. The van der Waals surface area contributed by atoms with Crippen LogP contribution in [0.2, 0.25) is 0 Å².